The molecule has 0 aliphatic rings. The summed E-state index contributed by atoms with van der Waals surface area (Å²) >= 11 is 1.25. The van der Waals surface area contributed by atoms with Gasteiger partial charge in [-0.05, 0) is 27.7 Å². The summed E-state index contributed by atoms with van der Waals surface area (Å²) in [6.45, 7) is 7.04. The second kappa shape index (κ2) is 6.62. The van der Waals surface area contributed by atoms with Gasteiger partial charge in [-0.2, -0.15) is 10.2 Å². The van der Waals surface area contributed by atoms with Gasteiger partial charge in [-0.25, -0.2) is 19.2 Å². The number of nitrogens with two attached hydrogens (primary N) is 1. The Morgan fingerprint density at radius 1 is 1.28 bits per heavy atom. The monoisotopic (exact) mass is 413 g/mol. The van der Waals surface area contributed by atoms with Crippen molar-refractivity contribution in [3.05, 3.63) is 29.8 Å². The summed E-state index contributed by atoms with van der Waals surface area (Å²) in [4.78, 5) is 33.0. The van der Waals surface area contributed by atoms with Crippen LogP contribution in [0.4, 0.5) is 0 Å². The Kier molecular flexibility index (Phi) is 4.34. The van der Waals surface area contributed by atoms with Crippen LogP contribution in [0.2, 0.25) is 0 Å². The fraction of sp³-hybridized carbons (Fsp3) is 0.333. The van der Waals surface area contributed by atoms with Crippen LogP contribution in [0.1, 0.15) is 37.0 Å². The van der Waals surface area contributed by atoms with Gasteiger partial charge in [0, 0.05) is 24.0 Å². The molecule has 0 atom stereocenters. The number of nitrogens with zero attached hydrogens (tertiary/aromatic N) is 6. The highest BCUT2D eigenvalue weighted by atomic mass is 32.1. The standard InChI is InChI=1S/C18H19N7O3S/c1-9-5-11-20-6-10(7-24(11)22-9)17-21-16-14(29-17)13(15(19)27)23-25(16)8-12(26)28-18(2,3)4/h5-7H,8H2,1-4H3,(H2,19,27). The van der Waals surface area contributed by atoms with Crippen molar-refractivity contribution in [1.29, 1.82) is 0 Å². The average Bonchev–Trinajstić information content (AvgIpc) is 3.25. The topological polar surface area (TPSA) is 130 Å². The van der Waals surface area contributed by atoms with E-state index in [1.807, 2.05) is 19.2 Å². The molecule has 2 N–H and O–H groups in total. The number of rotatable bonds is 4. The van der Waals surface area contributed by atoms with Crippen LogP contribution in [-0.4, -0.2) is 46.8 Å². The number of aromatic nitrogens is 6. The van der Waals surface area contributed by atoms with E-state index in [0.29, 0.717) is 15.4 Å². The average molecular weight is 413 g/mol. The minimum atomic E-state index is -0.690. The predicted octanol–water partition coefficient (Wildman–Crippen LogP) is 1.95. The van der Waals surface area contributed by atoms with Crippen molar-refractivity contribution >= 4 is 39.2 Å². The molecule has 4 rings (SSSR count). The molecule has 0 unspecified atom stereocenters. The maximum atomic E-state index is 12.2. The highest BCUT2D eigenvalue weighted by molar-refractivity contribution is 7.22. The molecule has 0 spiro atoms. The third-order valence-electron chi connectivity index (χ3n) is 3.90. The first-order valence-electron chi connectivity index (χ1n) is 8.82. The Balaban J connectivity index is 1.77. The lowest BCUT2D eigenvalue weighted by molar-refractivity contribution is -0.155. The zero-order chi connectivity index (χ0) is 20.9. The maximum absolute atomic E-state index is 12.2. The molecule has 4 aromatic rings. The molecule has 0 fully saturated rings. The summed E-state index contributed by atoms with van der Waals surface area (Å²) in [6, 6.07) is 1.87. The van der Waals surface area contributed by atoms with Crippen molar-refractivity contribution in [2.45, 2.75) is 39.8 Å². The fourth-order valence-corrected chi connectivity index (χ4v) is 3.88. The van der Waals surface area contributed by atoms with Crippen molar-refractivity contribution in [2.24, 2.45) is 5.73 Å². The molecule has 0 aromatic carbocycles. The number of amides is 1. The molecule has 0 saturated heterocycles. The van der Waals surface area contributed by atoms with Gasteiger partial charge in [0.25, 0.3) is 5.91 Å². The molecule has 4 heterocycles. The number of fused-ring (bicyclic) bond motifs is 2. The highest BCUT2D eigenvalue weighted by Crippen LogP contribution is 2.32. The Bertz CT molecular complexity index is 1260. The van der Waals surface area contributed by atoms with Crippen molar-refractivity contribution < 1.29 is 14.3 Å². The van der Waals surface area contributed by atoms with Gasteiger partial charge in [-0.15, -0.1) is 11.3 Å². The molecule has 10 nitrogen and oxygen atoms in total. The number of thiazole rings is 1. The normalized spacial score (nSPS) is 12.0. The molecular formula is C18H19N7O3S. The molecule has 0 saturated carbocycles. The molecule has 0 radical (unpaired) electrons. The second-order valence-corrected chi connectivity index (χ2v) is 8.56. The van der Waals surface area contributed by atoms with Gasteiger partial charge in [0.15, 0.2) is 17.0 Å². The Labute approximate surface area is 169 Å². The minimum absolute atomic E-state index is 0.0660. The largest absolute Gasteiger partial charge is 0.459 e. The van der Waals surface area contributed by atoms with Crippen LogP contribution < -0.4 is 5.73 Å². The first kappa shape index (κ1) is 19.0. The molecule has 1 amide bonds. The minimum Gasteiger partial charge on any atom is -0.459 e. The smallest absolute Gasteiger partial charge is 0.328 e. The van der Waals surface area contributed by atoms with E-state index in [2.05, 4.69) is 20.2 Å². The maximum Gasteiger partial charge on any atom is 0.328 e. The fourth-order valence-electron chi connectivity index (χ4n) is 2.85. The summed E-state index contributed by atoms with van der Waals surface area (Å²) in [5, 5.41) is 9.13. The molecule has 4 aromatic heterocycles. The van der Waals surface area contributed by atoms with E-state index in [0.717, 1.165) is 16.9 Å². The Morgan fingerprint density at radius 2 is 2.03 bits per heavy atom. The van der Waals surface area contributed by atoms with Crippen LogP contribution in [0.25, 0.3) is 26.6 Å². The summed E-state index contributed by atoms with van der Waals surface area (Å²) in [7, 11) is 0. The first-order valence-corrected chi connectivity index (χ1v) is 9.64. The molecule has 150 valence electrons. The van der Waals surface area contributed by atoms with E-state index in [1.54, 1.807) is 31.5 Å². The van der Waals surface area contributed by atoms with Crippen LogP contribution >= 0.6 is 11.3 Å². The Hall–Kier alpha value is -3.34. The number of aryl methyl sites for hydroxylation is 1. The first-order chi connectivity index (χ1) is 13.6. The lowest BCUT2D eigenvalue weighted by atomic mass is 10.2. The van der Waals surface area contributed by atoms with Gasteiger partial charge in [0.05, 0.1) is 5.69 Å². The molecular weight excluding hydrogens is 394 g/mol. The molecule has 0 aliphatic carbocycles. The summed E-state index contributed by atoms with van der Waals surface area (Å²) in [6.07, 6.45) is 3.49. The number of hydrogen-bond donors (Lipinski definition) is 1. The van der Waals surface area contributed by atoms with Gasteiger partial charge in [-0.3, -0.25) is 9.59 Å². The molecule has 0 bridgehead atoms. The molecule has 29 heavy (non-hydrogen) atoms. The summed E-state index contributed by atoms with van der Waals surface area (Å²) < 4.78 is 8.85. The zero-order valence-electron chi connectivity index (χ0n) is 16.3. The van der Waals surface area contributed by atoms with E-state index in [4.69, 9.17) is 10.5 Å². The number of hydrogen-bond acceptors (Lipinski definition) is 8. The van der Waals surface area contributed by atoms with Gasteiger partial charge in [0.2, 0.25) is 0 Å². The number of ether oxygens (including phenoxy) is 1. The van der Waals surface area contributed by atoms with Crippen molar-refractivity contribution in [1.82, 2.24) is 29.4 Å². The lowest BCUT2D eigenvalue weighted by Crippen LogP contribution is -2.27. The van der Waals surface area contributed by atoms with Crippen LogP contribution in [0.5, 0.6) is 0 Å². The van der Waals surface area contributed by atoms with Gasteiger partial charge in [-0.1, -0.05) is 0 Å². The van der Waals surface area contributed by atoms with Crippen molar-refractivity contribution in [2.75, 3.05) is 0 Å². The van der Waals surface area contributed by atoms with Crippen LogP contribution in [0, 0.1) is 6.92 Å². The summed E-state index contributed by atoms with van der Waals surface area (Å²) in [5.74, 6) is -1.17. The predicted molar refractivity (Wildman–Crippen MR) is 106 cm³/mol. The van der Waals surface area contributed by atoms with E-state index in [9.17, 15) is 9.59 Å². The SMILES string of the molecule is Cc1cc2ncc(-c3nc4c(s3)c(C(N)=O)nn4CC(=O)OC(C)(C)C)cn2n1. The highest BCUT2D eigenvalue weighted by Gasteiger charge is 2.24. The number of primary amides is 1. The molecule has 0 aliphatic heterocycles. The van der Waals surface area contributed by atoms with Crippen LogP contribution in [0.3, 0.4) is 0 Å². The lowest BCUT2D eigenvalue weighted by Gasteiger charge is -2.19. The van der Waals surface area contributed by atoms with Crippen molar-refractivity contribution in [3.8, 4) is 10.6 Å². The van der Waals surface area contributed by atoms with Crippen molar-refractivity contribution in [3.63, 3.8) is 0 Å². The Morgan fingerprint density at radius 3 is 2.72 bits per heavy atom. The van der Waals surface area contributed by atoms with E-state index >= 15 is 0 Å². The van der Waals surface area contributed by atoms with Gasteiger partial charge >= 0.3 is 5.97 Å². The number of esters is 1. The third kappa shape index (κ3) is 3.68. The van der Waals surface area contributed by atoms with E-state index in [1.165, 1.54) is 16.0 Å². The van der Waals surface area contributed by atoms with Gasteiger partial charge in [0.1, 0.15) is 21.9 Å². The van der Waals surface area contributed by atoms with Gasteiger partial charge < -0.3 is 10.5 Å². The van der Waals surface area contributed by atoms with E-state index < -0.39 is 17.5 Å². The number of carbonyl (C=O) groups is 2. The quantitative estimate of drug-likeness (QED) is 0.506. The number of carbonyl (C=O) groups excluding carboxylic acids is 2. The second-order valence-electron chi connectivity index (χ2n) is 7.56. The van der Waals surface area contributed by atoms with Crippen LogP contribution in [0.15, 0.2) is 18.5 Å². The third-order valence-corrected chi connectivity index (χ3v) is 5.00. The zero-order valence-corrected chi connectivity index (χ0v) is 17.1. The van der Waals surface area contributed by atoms with E-state index in [-0.39, 0.29) is 12.2 Å². The van der Waals surface area contributed by atoms with Crippen LogP contribution in [-0.2, 0) is 16.1 Å². The molecule has 11 heteroatoms. The summed E-state index contributed by atoms with van der Waals surface area (Å²) in [5.41, 5.74) is 7.59.